The first-order valence-electron chi connectivity index (χ1n) is 9.64. The van der Waals surface area contributed by atoms with Crippen molar-refractivity contribution in [2.24, 2.45) is 0 Å². The molecule has 1 aliphatic heterocycles. The molecule has 1 fully saturated rings. The Morgan fingerprint density at radius 3 is 1.82 bits per heavy atom. The van der Waals surface area contributed by atoms with E-state index in [1.54, 1.807) is 12.4 Å². The summed E-state index contributed by atoms with van der Waals surface area (Å²) >= 11 is 0. The second kappa shape index (κ2) is 8.31. The van der Waals surface area contributed by atoms with Gasteiger partial charge in [-0.1, -0.05) is 60.7 Å². The van der Waals surface area contributed by atoms with Crippen LogP contribution in [0.1, 0.15) is 33.4 Å². The summed E-state index contributed by atoms with van der Waals surface area (Å²) in [7, 11) is 0. The largest absolute Gasteiger partial charge is 0.336 e. The van der Waals surface area contributed by atoms with Crippen LogP contribution in [0, 0.1) is 6.92 Å². The fourth-order valence-corrected chi connectivity index (χ4v) is 3.75. The van der Waals surface area contributed by atoms with E-state index in [4.69, 9.17) is 0 Å². The molecule has 0 aliphatic carbocycles. The molecule has 0 bridgehead atoms. The van der Waals surface area contributed by atoms with Crippen molar-refractivity contribution in [2.75, 3.05) is 26.2 Å². The minimum Gasteiger partial charge on any atom is -0.336 e. The number of carbonyl (C=O) groups excluding carboxylic acids is 1. The van der Waals surface area contributed by atoms with Crippen molar-refractivity contribution >= 4 is 5.91 Å². The van der Waals surface area contributed by atoms with Gasteiger partial charge in [-0.25, -0.2) is 9.97 Å². The number of hydrogen-bond donors (Lipinski definition) is 0. The van der Waals surface area contributed by atoms with Gasteiger partial charge >= 0.3 is 0 Å². The maximum Gasteiger partial charge on any atom is 0.257 e. The van der Waals surface area contributed by atoms with Crippen LogP contribution < -0.4 is 0 Å². The molecule has 0 saturated carbocycles. The van der Waals surface area contributed by atoms with Gasteiger partial charge in [0.1, 0.15) is 5.82 Å². The molecule has 2 heterocycles. The maximum absolute atomic E-state index is 12.8. The average Bonchev–Trinajstić information content (AvgIpc) is 2.76. The Kier molecular flexibility index (Phi) is 5.44. The highest BCUT2D eigenvalue weighted by Gasteiger charge is 2.28. The van der Waals surface area contributed by atoms with Gasteiger partial charge in [0.15, 0.2) is 0 Å². The summed E-state index contributed by atoms with van der Waals surface area (Å²) in [4.78, 5) is 25.4. The minimum atomic E-state index is 0.00984. The van der Waals surface area contributed by atoms with E-state index in [0.29, 0.717) is 24.5 Å². The summed E-state index contributed by atoms with van der Waals surface area (Å²) in [6.07, 6.45) is 3.24. The average molecular weight is 372 g/mol. The number of piperazine rings is 1. The number of aryl methyl sites for hydroxylation is 1. The molecule has 3 aromatic rings. The van der Waals surface area contributed by atoms with Crippen molar-refractivity contribution in [1.82, 2.24) is 19.8 Å². The summed E-state index contributed by atoms with van der Waals surface area (Å²) < 4.78 is 0. The van der Waals surface area contributed by atoms with Crippen LogP contribution in [0.25, 0.3) is 0 Å². The molecular weight excluding hydrogens is 348 g/mol. The first-order chi connectivity index (χ1) is 13.7. The zero-order valence-electron chi connectivity index (χ0n) is 16.0. The van der Waals surface area contributed by atoms with Crippen molar-refractivity contribution in [2.45, 2.75) is 13.0 Å². The van der Waals surface area contributed by atoms with Crippen LogP contribution in [0.5, 0.6) is 0 Å². The van der Waals surface area contributed by atoms with Crippen LogP contribution in [0.4, 0.5) is 0 Å². The lowest BCUT2D eigenvalue weighted by atomic mass is 9.96. The molecule has 1 saturated heterocycles. The number of amides is 1. The SMILES string of the molecule is Cc1ncc(C(=O)N2CCN(C(c3ccccc3)c3ccccc3)CC2)cn1. The van der Waals surface area contributed by atoms with Gasteiger partial charge in [-0.15, -0.1) is 0 Å². The standard InChI is InChI=1S/C23H24N4O/c1-18-24-16-21(17-25-18)23(28)27-14-12-26(13-15-27)22(19-8-4-2-5-9-19)20-10-6-3-7-11-20/h2-11,16-17,22H,12-15H2,1H3. The summed E-state index contributed by atoms with van der Waals surface area (Å²) in [5.74, 6) is 0.686. The normalized spacial score (nSPS) is 15.0. The molecule has 142 valence electrons. The highest BCUT2D eigenvalue weighted by Crippen LogP contribution is 2.29. The first-order valence-corrected chi connectivity index (χ1v) is 9.64. The molecule has 5 heteroatoms. The van der Waals surface area contributed by atoms with E-state index in [1.165, 1.54) is 11.1 Å². The van der Waals surface area contributed by atoms with Crippen LogP contribution in [0.3, 0.4) is 0 Å². The van der Waals surface area contributed by atoms with Gasteiger partial charge in [-0.05, 0) is 18.1 Å². The molecule has 0 atom stereocenters. The lowest BCUT2D eigenvalue weighted by Crippen LogP contribution is -2.49. The van der Waals surface area contributed by atoms with E-state index in [9.17, 15) is 4.79 Å². The monoisotopic (exact) mass is 372 g/mol. The smallest absolute Gasteiger partial charge is 0.257 e. The zero-order valence-corrected chi connectivity index (χ0v) is 16.0. The summed E-state index contributed by atoms with van der Waals surface area (Å²) in [6, 6.07) is 21.4. The van der Waals surface area contributed by atoms with Gasteiger partial charge in [0.2, 0.25) is 0 Å². The third-order valence-electron chi connectivity index (χ3n) is 5.23. The van der Waals surface area contributed by atoms with Crippen LogP contribution >= 0.6 is 0 Å². The number of rotatable bonds is 4. The maximum atomic E-state index is 12.8. The number of carbonyl (C=O) groups is 1. The van der Waals surface area contributed by atoms with Crippen molar-refractivity contribution in [3.63, 3.8) is 0 Å². The molecule has 5 nitrogen and oxygen atoms in total. The van der Waals surface area contributed by atoms with E-state index < -0.39 is 0 Å². The molecule has 4 rings (SSSR count). The fourth-order valence-electron chi connectivity index (χ4n) is 3.75. The number of hydrogen-bond acceptors (Lipinski definition) is 4. The van der Waals surface area contributed by atoms with Crippen LogP contribution in [0.2, 0.25) is 0 Å². The Bertz CT molecular complexity index is 865. The second-order valence-corrected chi connectivity index (χ2v) is 7.07. The van der Waals surface area contributed by atoms with E-state index >= 15 is 0 Å². The quantitative estimate of drug-likeness (QED) is 0.705. The highest BCUT2D eigenvalue weighted by molar-refractivity contribution is 5.93. The molecule has 0 spiro atoms. The molecular formula is C23H24N4O. The lowest BCUT2D eigenvalue weighted by Gasteiger charge is -2.39. The van der Waals surface area contributed by atoms with Crippen LogP contribution in [-0.4, -0.2) is 51.9 Å². The Labute approximate surface area is 165 Å². The Hall–Kier alpha value is -3.05. The Morgan fingerprint density at radius 2 is 1.32 bits per heavy atom. The van der Waals surface area contributed by atoms with E-state index in [2.05, 4.69) is 63.4 Å². The second-order valence-electron chi connectivity index (χ2n) is 7.07. The van der Waals surface area contributed by atoms with E-state index in [-0.39, 0.29) is 11.9 Å². The molecule has 1 aliphatic rings. The molecule has 0 radical (unpaired) electrons. The molecule has 1 amide bonds. The van der Waals surface area contributed by atoms with Crippen LogP contribution in [0.15, 0.2) is 73.1 Å². The van der Waals surface area contributed by atoms with Gasteiger partial charge in [0.25, 0.3) is 5.91 Å². The van der Waals surface area contributed by atoms with Crippen molar-refractivity contribution < 1.29 is 4.79 Å². The summed E-state index contributed by atoms with van der Waals surface area (Å²) in [5, 5.41) is 0. The van der Waals surface area contributed by atoms with Crippen molar-refractivity contribution in [3.8, 4) is 0 Å². The molecule has 28 heavy (non-hydrogen) atoms. The van der Waals surface area contributed by atoms with E-state index in [1.807, 2.05) is 24.0 Å². The zero-order chi connectivity index (χ0) is 19.3. The third-order valence-corrected chi connectivity index (χ3v) is 5.23. The topological polar surface area (TPSA) is 49.3 Å². The van der Waals surface area contributed by atoms with Gasteiger partial charge in [-0.3, -0.25) is 9.69 Å². The lowest BCUT2D eigenvalue weighted by molar-refractivity contribution is 0.0596. The molecule has 0 N–H and O–H groups in total. The summed E-state index contributed by atoms with van der Waals surface area (Å²) in [5.41, 5.74) is 3.11. The van der Waals surface area contributed by atoms with Crippen LogP contribution in [-0.2, 0) is 0 Å². The molecule has 1 aromatic heterocycles. The number of benzene rings is 2. The van der Waals surface area contributed by atoms with Crippen molar-refractivity contribution in [3.05, 3.63) is 95.6 Å². The van der Waals surface area contributed by atoms with Gasteiger partial charge in [0, 0.05) is 38.6 Å². The first kappa shape index (κ1) is 18.3. The number of nitrogens with zero attached hydrogens (tertiary/aromatic N) is 4. The fraction of sp³-hybridized carbons (Fsp3) is 0.261. The van der Waals surface area contributed by atoms with Crippen molar-refractivity contribution in [1.29, 1.82) is 0 Å². The highest BCUT2D eigenvalue weighted by atomic mass is 16.2. The predicted octanol–water partition coefficient (Wildman–Crippen LogP) is 3.33. The minimum absolute atomic E-state index is 0.00984. The van der Waals surface area contributed by atoms with Gasteiger partial charge in [0.05, 0.1) is 11.6 Å². The Morgan fingerprint density at radius 1 is 0.821 bits per heavy atom. The Balaban J connectivity index is 1.50. The summed E-state index contributed by atoms with van der Waals surface area (Å²) in [6.45, 7) is 4.87. The number of aromatic nitrogens is 2. The third kappa shape index (κ3) is 3.94. The molecule has 2 aromatic carbocycles. The van der Waals surface area contributed by atoms with E-state index in [0.717, 1.165) is 13.1 Å². The predicted molar refractivity (Wildman–Crippen MR) is 109 cm³/mol. The van der Waals surface area contributed by atoms with Gasteiger partial charge < -0.3 is 4.90 Å². The molecule has 0 unspecified atom stereocenters. The van der Waals surface area contributed by atoms with Gasteiger partial charge in [-0.2, -0.15) is 0 Å².